The molecule has 0 N–H and O–H groups in total. The molecule has 0 saturated carbocycles. The van der Waals surface area contributed by atoms with Crippen LogP contribution < -0.4 is 0 Å². The van der Waals surface area contributed by atoms with Gasteiger partial charge in [0.05, 0.1) is 13.2 Å². The monoisotopic (exact) mass is 255 g/mol. The van der Waals surface area contributed by atoms with Gasteiger partial charge in [-0.25, -0.2) is 4.39 Å². The Bertz CT molecular complexity index is 228. The van der Waals surface area contributed by atoms with Crippen LogP contribution in [0.15, 0.2) is 0 Å². The lowest BCUT2D eigenvalue weighted by Gasteiger charge is -2.40. The maximum atomic E-state index is 13.3. The molecule has 0 spiro atoms. The highest BCUT2D eigenvalue weighted by Crippen LogP contribution is 2.48. The van der Waals surface area contributed by atoms with E-state index in [4.69, 9.17) is 0 Å². The third-order valence-electron chi connectivity index (χ3n) is 2.20. The molecule has 1 rings (SSSR count). The van der Waals surface area contributed by atoms with Crippen LogP contribution in [0.1, 0.15) is 0 Å². The summed E-state index contributed by atoms with van der Waals surface area (Å²) in [5.41, 5.74) is 0. The highest BCUT2D eigenvalue weighted by Gasteiger charge is 2.75. The second-order valence-electron chi connectivity index (χ2n) is 3.22. The second kappa shape index (κ2) is 4.02. The molecule has 2 nitrogen and oxygen atoms in total. The summed E-state index contributed by atoms with van der Waals surface area (Å²) in [6.07, 6.45) is -12.1. The molecular formula is C7H8F7NO. The molecular weight excluding hydrogens is 247 g/mol. The molecule has 96 valence electrons. The van der Waals surface area contributed by atoms with Gasteiger partial charge in [-0.05, 0) is 0 Å². The smallest absolute Gasteiger partial charge is 0.379 e. The van der Waals surface area contributed by atoms with Crippen molar-refractivity contribution in [3.05, 3.63) is 0 Å². The quantitative estimate of drug-likeness (QED) is 0.525. The van der Waals surface area contributed by atoms with Crippen LogP contribution in [0.25, 0.3) is 0 Å². The van der Waals surface area contributed by atoms with Crippen LogP contribution >= 0.6 is 0 Å². The summed E-state index contributed by atoms with van der Waals surface area (Å²) < 4.78 is 91.1. The van der Waals surface area contributed by atoms with E-state index in [9.17, 15) is 30.7 Å². The lowest BCUT2D eigenvalue weighted by atomic mass is 10.1. The van der Waals surface area contributed by atoms with Crippen molar-refractivity contribution in [1.82, 2.24) is 4.90 Å². The molecule has 1 aliphatic rings. The van der Waals surface area contributed by atoms with Crippen LogP contribution in [-0.4, -0.2) is 49.3 Å². The predicted octanol–water partition coefficient (Wildman–Crippen LogP) is 2.11. The summed E-state index contributed by atoms with van der Waals surface area (Å²) in [5.74, 6) is -5.30. The van der Waals surface area contributed by atoms with Crippen LogP contribution in [0.4, 0.5) is 30.7 Å². The number of halogens is 7. The summed E-state index contributed by atoms with van der Waals surface area (Å²) >= 11 is 0. The van der Waals surface area contributed by atoms with Crippen molar-refractivity contribution in [1.29, 1.82) is 0 Å². The average molecular weight is 255 g/mol. The van der Waals surface area contributed by atoms with Crippen molar-refractivity contribution < 1.29 is 35.5 Å². The summed E-state index contributed by atoms with van der Waals surface area (Å²) in [7, 11) is 0. The van der Waals surface area contributed by atoms with E-state index in [2.05, 4.69) is 4.74 Å². The fourth-order valence-electron chi connectivity index (χ4n) is 1.39. The minimum atomic E-state index is -6.03. The lowest BCUT2D eigenvalue weighted by Crippen LogP contribution is -2.66. The number of hydrogen-bond acceptors (Lipinski definition) is 2. The molecule has 1 heterocycles. The highest BCUT2D eigenvalue weighted by atomic mass is 19.4. The number of ether oxygens (including phenoxy) is 1. The number of alkyl halides is 7. The van der Waals surface area contributed by atoms with Crippen molar-refractivity contribution in [2.24, 2.45) is 0 Å². The van der Waals surface area contributed by atoms with E-state index in [1.54, 1.807) is 0 Å². The van der Waals surface area contributed by atoms with Crippen LogP contribution in [0.5, 0.6) is 0 Å². The Morgan fingerprint density at radius 1 is 0.750 bits per heavy atom. The Labute approximate surface area is 86.0 Å². The first kappa shape index (κ1) is 13.5. The summed E-state index contributed by atoms with van der Waals surface area (Å²) in [4.78, 5) is -0.295. The van der Waals surface area contributed by atoms with Gasteiger partial charge in [0, 0.05) is 13.1 Å². The summed E-state index contributed by atoms with van der Waals surface area (Å²) in [6, 6.07) is 0. The van der Waals surface area contributed by atoms with E-state index >= 15 is 0 Å². The molecule has 0 radical (unpaired) electrons. The molecule has 0 unspecified atom stereocenters. The van der Waals surface area contributed by atoms with Crippen molar-refractivity contribution in [3.8, 4) is 0 Å². The Balaban J connectivity index is 3.04. The van der Waals surface area contributed by atoms with Gasteiger partial charge in [0.15, 0.2) is 0 Å². The van der Waals surface area contributed by atoms with Gasteiger partial charge in [-0.1, -0.05) is 0 Å². The van der Waals surface area contributed by atoms with Gasteiger partial charge >= 0.3 is 18.1 Å². The van der Waals surface area contributed by atoms with Crippen molar-refractivity contribution in [3.63, 3.8) is 0 Å². The molecule has 16 heavy (non-hydrogen) atoms. The minimum absolute atomic E-state index is 0.295. The van der Waals surface area contributed by atoms with Gasteiger partial charge in [-0.15, -0.1) is 0 Å². The van der Waals surface area contributed by atoms with E-state index in [0.29, 0.717) is 0 Å². The SMILES string of the molecule is FC(F)(F)C(F)(N1CCOCC1)C(F)(F)F. The zero-order chi connectivity index (χ0) is 12.6. The first-order valence-corrected chi connectivity index (χ1v) is 4.26. The number of nitrogens with zero attached hydrogens (tertiary/aromatic N) is 1. The van der Waals surface area contributed by atoms with Crippen LogP contribution in [0.2, 0.25) is 0 Å². The number of rotatable bonds is 1. The van der Waals surface area contributed by atoms with Gasteiger partial charge in [-0.3, -0.25) is 4.90 Å². The predicted molar refractivity (Wildman–Crippen MR) is 38.3 cm³/mol. The maximum Gasteiger partial charge on any atom is 0.446 e. The Kier molecular flexibility index (Phi) is 3.39. The van der Waals surface area contributed by atoms with Gasteiger partial charge in [0.2, 0.25) is 0 Å². The topological polar surface area (TPSA) is 12.5 Å². The Morgan fingerprint density at radius 3 is 1.44 bits per heavy atom. The van der Waals surface area contributed by atoms with Crippen LogP contribution in [0, 0.1) is 0 Å². The van der Waals surface area contributed by atoms with Crippen molar-refractivity contribution >= 4 is 0 Å². The molecule has 0 bridgehead atoms. The van der Waals surface area contributed by atoms with Crippen LogP contribution in [0.3, 0.4) is 0 Å². The third kappa shape index (κ3) is 2.10. The summed E-state index contributed by atoms with van der Waals surface area (Å²) in [5, 5.41) is 0. The fourth-order valence-corrected chi connectivity index (χ4v) is 1.39. The Hall–Kier alpha value is -0.570. The molecule has 9 heteroatoms. The standard InChI is InChI=1S/C7H8F7NO/c8-5(6(9,10)11,7(12,13)14)15-1-3-16-4-2-15/h1-4H2. The van der Waals surface area contributed by atoms with Gasteiger partial charge < -0.3 is 4.74 Å². The highest BCUT2D eigenvalue weighted by molar-refractivity contribution is 4.95. The molecule has 1 aliphatic heterocycles. The zero-order valence-electron chi connectivity index (χ0n) is 7.83. The van der Waals surface area contributed by atoms with Crippen molar-refractivity contribution in [2.75, 3.05) is 26.3 Å². The van der Waals surface area contributed by atoms with Crippen molar-refractivity contribution in [2.45, 2.75) is 18.1 Å². The molecule has 0 aromatic heterocycles. The minimum Gasteiger partial charge on any atom is -0.379 e. The zero-order valence-corrected chi connectivity index (χ0v) is 7.83. The molecule has 0 amide bonds. The van der Waals surface area contributed by atoms with E-state index in [1.165, 1.54) is 0 Å². The Morgan fingerprint density at radius 2 is 1.12 bits per heavy atom. The van der Waals surface area contributed by atoms with Gasteiger partial charge in [0.1, 0.15) is 0 Å². The first-order chi connectivity index (χ1) is 7.11. The normalized spacial score (nSPS) is 21.2. The van der Waals surface area contributed by atoms with E-state index in [0.717, 1.165) is 0 Å². The molecule has 1 fully saturated rings. The molecule has 0 aliphatic carbocycles. The molecule has 0 aromatic rings. The molecule has 0 atom stereocenters. The summed E-state index contributed by atoms with van der Waals surface area (Å²) in [6.45, 7) is -2.24. The largest absolute Gasteiger partial charge is 0.446 e. The van der Waals surface area contributed by atoms with Gasteiger partial charge in [0.25, 0.3) is 0 Å². The molecule has 1 saturated heterocycles. The second-order valence-corrected chi connectivity index (χ2v) is 3.22. The van der Waals surface area contributed by atoms with E-state index in [-0.39, 0.29) is 18.1 Å². The number of morpholine rings is 1. The van der Waals surface area contributed by atoms with E-state index in [1.807, 2.05) is 0 Å². The number of hydrogen-bond donors (Lipinski definition) is 0. The van der Waals surface area contributed by atoms with Crippen LogP contribution in [-0.2, 0) is 4.74 Å². The maximum absolute atomic E-state index is 13.3. The molecule has 0 aromatic carbocycles. The third-order valence-corrected chi connectivity index (χ3v) is 2.20. The van der Waals surface area contributed by atoms with E-state index < -0.39 is 31.2 Å². The van der Waals surface area contributed by atoms with Gasteiger partial charge in [-0.2, -0.15) is 26.3 Å². The average Bonchev–Trinajstić information content (AvgIpc) is 2.14. The first-order valence-electron chi connectivity index (χ1n) is 4.26. The lowest BCUT2D eigenvalue weighted by molar-refractivity contribution is -0.392. The fraction of sp³-hybridized carbons (Fsp3) is 1.00.